The molecule has 0 rings (SSSR count). The van der Waals surface area contributed by atoms with E-state index in [1.165, 1.54) is 205 Å². The van der Waals surface area contributed by atoms with Crippen molar-refractivity contribution in [2.24, 2.45) is 0 Å². The maximum atomic E-state index is 12.8. The van der Waals surface area contributed by atoms with Crippen LogP contribution >= 0.6 is 0 Å². The molecule has 0 bridgehead atoms. The van der Waals surface area contributed by atoms with Gasteiger partial charge in [-0.25, -0.2) is 0 Å². The standard InChI is InChI=1S/C58H108O6/c1-4-7-10-13-16-19-22-24-26-28-30-31-33-36-39-42-45-48-51-57(60)63-54-55(53-62-56(59)50-47-44-41-38-35-21-18-15-12-9-6-3)64-58(61)52-49-46-43-40-37-34-32-29-27-25-23-20-17-14-11-8-5-2/h15,18,25,27,55H,4-14,16-17,19-24,26,28-54H2,1-3H3/b18-15-,27-25-/t55-/m1/s1. The first-order chi connectivity index (χ1) is 31.5. The summed E-state index contributed by atoms with van der Waals surface area (Å²) in [6, 6.07) is 0. The van der Waals surface area contributed by atoms with Gasteiger partial charge in [-0.3, -0.25) is 14.4 Å². The molecule has 6 heteroatoms. The monoisotopic (exact) mass is 901 g/mol. The first-order valence-corrected chi connectivity index (χ1v) is 28.3. The molecule has 64 heavy (non-hydrogen) atoms. The minimum Gasteiger partial charge on any atom is -0.462 e. The minimum atomic E-state index is -0.772. The molecule has 0 spiro atoms. The Morgan fingerprint density at radius 1 is 0.297 bits per heavy atom. The Morgan fingerprint density at radius 2 is 0.531 bits per heavy atom. The van der Waals surface area contributed by atoms with Gasteiger partial charge in [0.15, 0.2) is 6.10 Å². The highest BCUT2D eigenvalue weighted by molar-refractivity contribution is 5.71. The predicted octanol–water partition coefficient (Wildman–Crippen LogP) is 18.7. The van der Waals surface area contributed by atoms with Gasteiger partial charge in [0.05, 0.1) is 0 Å². The molecule has 0 aliphatic rings. The fourth-order valence-electron chi connectivity index (χ4n) is 8.36. The lowest BCUT2D eigenvalue weighted by Crippen LogP contribution is -2.30. The summed E-state index contributed by atoms with van der Waals surface area (Å²) in [5.74, 6) is -0.868. The van der Waals surface area contributed by atoms with Crippen LogP contribution in [0.25, 0.3) is 0 Å². The Bertz CT molecular complexity index is 1040. The van der Waals surface area contributed by atoms with Crippen LogP contribution in [0.4, 0.5) is 0 Å². The highest BCUT2D eigenvalue weighted by Gasteiger charge is 2.19. The van der Waals surface area contributed by atoms with Gasteiger partial charge in [0, 0.05) is 19.3 Å². The molecule has 0 unspecified atom stereocenters. The largest absolute Gasteiger partial charge is 0.462 e. The molecule has 0 heterocycles. The molecular weight excluding hydrogens is 793 g/mol. The zero-order valence-electron chi connectivity index (χ0n) is 43.1. The second-order valence-corrected chi connectivity index (χ2v) is 19.2. The second-order valence-electron chi connectivity index (χ2n) is 19.2. The summed E-state index contributed by atoms with van der Waals surface area (Å²) in [6.45, 7) is 6.63. The van der Waals surface area contributed by atoms with E-state index in [4.69, 9.17) is 14.2 Å². The highest BCUT2D eigenvalue weighted by Crippen LogP contribution is 2.17. The molecule has 1 atom stereocenters. The SMILES string of the molecule is CCCC/C=C\CCCCCCCC(=O)OC[C@H](COC(=O)CCCCCCCCCCCCCCCCCCCC)OC(=O)CCCCCCCCC/C=C\CCCCCCCC. The molecule has 0 aromatic rings. The summed E-state index contributed by atoms with van der Waals surface area (Å²) in [4.78, 5) is 38.1. The molecule has 0 fully saturated rings. The number of unbranched alkanes of at least 4 members (excludes halogenated alkanes) is 37. The van der Waals surface area contributed by atoms with Gasteiger partial charge >= 0.3 is 17.9 Å². The van der Waals surface area contributed by atoms with Gasteiger partial charge in [-0.1, -0.05) is 251 Å². The average Bonchev–Trinajstić information content (AvgIpc) is 3.29. The van der Waals surface area contributed by atoms with E-state index >= 15 is 0 Å². The zero-order valence-corrected chi connectivity index (χ0v) is 43.1. The van der Waals surface area contributed by atoms with Crippen molar-refractivity contribution < 1.29 is 28.6 Å². The smallest absolute Gasteiger partial charge is 0.306 e. The molecule has 0 amide bonds. The van der Waals surface area contributed by atoms with E-state index in [2.05, 4.69) is 45.1 Å². The first kappa shape index (κ1) is 61.9. The average molecular weight is 901 g/mol. The maximum absolute atomic E-state index is 12.8. The summed E-state index contributed by atoms with van der Waals surface area (Å²) in [5.41, 5.74) is 0. The van der Waals surface area contributed by atoms with E-state index in [0.29, 0.717) is 19.3 Å². The van der Waals surface area contributed by atoms with Crippen molar-refractivity contribution >= 4 is 17.9 Å². The lowest BCUT2D eigenvalue weighted by molar-refractivity contribution is -0.167. The van der Waals surface area contributed by atoms with Gasteiger partial charge < -0.3 is 14.2 Å². The summed E-state index contributed by atoms with van der Waals surface area (Å²) < 4.78 is 16.8. The molecule has 0 N–H and O–H groups in total. The third-order valence-electron chi connectivity index (χ3n) is 12.7. The number of carbonyl (C=O) groups is 3. The Kier molecular flexibility index (Phi) is 51.7. The van der Waals surface area contributed by atoms with Crippen LogP contribution in [0.5, 0.6) is 0 Å². The number of ether oxygens (including phenoxy) is 3. The van der Waals surface area contributed by atoms with Crippen LogP contribution in [0.15, 0.2) is 24.3 Å². The minimum absolute atomic E-state index is 0.0714. The molecule has 0 aromatic carbocycles. The van der Waals surface area contributed by atoms with E-state index in [9.17, 15) is 14.4 Å². The van der Waals surface area contributed by atoms with Crippen LogP contribution in [0.2, 0.25) is 0 Å². The quantitative estimate of drug-likeness (QED) is 0.0262. The number of carbonyl (C=O) groups excluding carboxylic acids is 3. The van der Waals surface area contributed by atoms with Crippen molar-refractivity contribution in [1.29, 1.82) is 0 Å². The lowest BCUT2D eigenvalue weighted by atomic mass is 10.0. The number of allylic oxidation sites excluding steroid dienone is 4. The van der Waals surface area contributed by atoms with E-state index in [-0.39, 0.29) is 31.1 Å². The Morgan fingerprint density at radius 3 is 0.828 bits per heavy atom. The summed E-state index contributed by atoms with van der Waals surface area (Å²) in [7, 11) is 0. The predicted molar refractivity (Wildman–Crippen MR) is 275 cm³/mol. The molecular formula is C58H108O6. The summed E-state index contributed by atoms with van der Waals surface area (Å²) in [6.07, 6.45) is 61.7. The van der Waals surface area contributed by atoms with Crippen molar-refractivity contribution in [3.63, 3.8) is 0 Å². The van der Waals surface area contributed by atoms with Gasteiger partial charge in [-0.2, -0.15) is 0 Å². The second kappa shape index (κ2) is 53.5. The van der Waals surface area contributed by atoms with Crippen molar-refractivity contribution in [1.82, 2.24) is 0 Å². The van der Waals surface area contributed by atoms with Crippen molar-refractivity contribution in [3.05, 3.63) is 24.3 Å². The molecule has 0 radical (unpaired) electrons. The molecule has 0 aliphatic heterocycles. The first-order valence-electron chi connectivity index (χ1n) is 28.3. The Labute approximate surface area is 398 Å². The summed E-state index contributed by atoms with van der Waals surface area (Å²) in [5, 5.41) is 0. The topological polar surface area (TPSA) is 78.9 Å². The van der Waals surface area contributed by atoms with E-state index < -0.39 is 6.10 Å². The highest BCUT2D eigenvalue weighted by atomic mass is 16.6. The van der Waals surface area contributed by atoms with Gasteiger partial charge in [-0.05, 0) is 64.2 Å². The van der Waals surface area contributed by atoms with Crippen LogP contribution in [-0.4, -0.2) is 37.2 Å². The molecule has 376 valence electrons. The van der Waals surface area contributed by atoms with E-state index in [0.717, 1.165) is 64.2 Å². The van der Waals surface area contributed by atoms with Crippen molar-refractivity contribution in [2.75, 3.05) is 13.2 Å². The van der Waals surface area contributed by atoms with Gasteiger partial charge in [0.2, 0.25) is 0 Å². The van der Waals surface area contributed by atoms with Crippen LogP contribution in [0.3, 0.4) is 0 Å². The molecule has 6 nitrogen and oxygen atoms in total. The van der Waals surface area contributed by atoms with Gasteiger partial charge in [-0.15, -0.1) is 0 Å². The normalized spacial score (nSPS) is 12.1. The van der Waals surface area contributed by atoms with E-state index in [1.54, 1.807) is 0 Å². The molecule has 0 aromatic heterocycles. The molecule has 0 saturated carbocycles. The zero-order chi connectivity index (χ0) is 46.5. The number of rotatable bonds is 52. The third-order valence-corrected chi connectivity index (χ3v) is 12.7. The number of esters is 3. The van der Waals surface area contributed by atoms with Crippen molar-refractivity contribution in [3.8, 4) is 0 Å². The van der Waals surface area contributed by atoms with Gasteiger partial charge in [0.1, 0.15) is 13.2 Å². The Hall–Kier alpha value is -2.11. The van der Waals surface area contributed by atoms with E-state index in [1.807, 2.05) is 0 Å². The number of hydrogen-bond acceptors (Lipinski definition) is 6. The fourth-order valence-corrected chi connectivity index (χ4v) is 8.36. The Balaban J connectivity index is 4.29. The molecule has 0 saturated heterocycles. The van der Waals surface area contributed by atoms with Crippen LogP contribution in [-0.2, 0) is 28.6 Å². The fraction of sp³-hybridized carbons (Fsp3) is 0.879. The lowest BCUT2D eigenvalue weighted by Gasteiger charge is -2.18. The van der Waals surface area contributed by atoms with Gasteiger partial charge in [0.25, 0.3) is 0 Å². The van der Waals surface area contributed by atoms with Crippen molar-refractivity contribution in [2.45, 2.75) is 316 Å². The maximum Gasteiger partial charge on any atom is 0.306 e. The van der Waals surface area contributed by atoms with Crippen LogP contribution in [0, 0.1) is 0 Å². The summed E-state index contributed by atoms with van der Waals surface area (Å²) >= 11 is 0. The van der Waals surface area contributed by atoms with Crippen LogP contribution in [0.1, 0.15) is 310 Å². The van der Waals surface area contributed by atoms with Crippen LogP contribution < -0.4 is 0 Å². The third kappa shape index (κ3) is 50.9. The number of hydrogen-bond donors (Lipinski definition) is 0. The molecule has 0 aliphatic carbocycles.